The molecule has 0 aromatic carbocycles. The van der Waals surface area contributed by atoms with Crippen molar-refractivity contribution in [2.75, 3.05) is 47.5 Å². The van der Waals surface area contributed by atoms with Crippen molar-refractivity contribution in [1.29, 1.82) is 0 Å². The number of nitrogens with zero attached hydrogens (tertiary/aromatic N) is 1. The molecule has 0 rings (SSSR count). The molecule has 2 unspecified atom stereocenters. The maximum absolute atomic E-state index is 12.7. The lowest BCUT2D eigenvalue weighted by Gasteiger charge is -2.25. The average Bonchev–Trinajstić information content (AvgIpc) is 3.19. The van der Waals surface area contributed by atoms with Crippen LogP contribution >= 0.6 is 0 Å². The van der Waals surface area contributed by atoms with Gasteiger partial charge in [0.25, 0.3) is 6.29 Å². The first-order chi connectivity index (χ1) is 28.6. The fourth-order valence-electron chi connectivity index (χ4n) is 6.61. The largest absolute Gasteiger partial charge is 0.477 e. The summed E-state index contributed by atoms with van der Waals surface area (Å²) >= 11 is 0. The van der Waals surface area contributed by atoms with Crippen molar-refractivity contribution in [3.8, 4) is 0 Å². The first-order valence-electron chi connectivity index (χ1n) is 24.2. The fourth-order valence-corrected chi connectivity index (χ4v) is 6.61. The quantitative estimate of drug-likeness (QED) is 0.0213. The Morgan fingerprint density at radius 3 is 1.36 bits per heavy atom. The second-order valence-electron chi connectivity index (χ2n) is 17.4. The van der Waals surface area contributed by atoms with E-state index in [1.807, 2.05) is 21.1 Å². The molecule has 0 heterocycles. The van der Waals surface area contributed by atoms with Crippen molar-refractivity contribution in [3.05, 3.63) is 36.5 Å². The van der Waals surface area contributed by atoms with Crippen molar-refractivity contribution < 1.29 is 42.9 Å². The van der Waals surface area contributed by atoms with Crippen LogP contribution in [0.2, 0.25) is 0 Å². The summed E-state index contributed by atoms with van der Waals surface area (Å²) in [5.74, 6) is -2.01. The Hall–Kier alpha value is -2.49. The van der Waals surface area contributed by atoms with E-state index < -0.39 is 24.3 Å². The molecule has 0 aromatic heterocycles. The van der Waals surface area contributed by atoms with Gasteiger partial charge in [-0.3, -0.25) is 9.59 Å². The third-order valence-electron chi connectivity index (χ3n) is 10.4. The zero-order valence-corrected chi connectivity index (χ0v) is 38.9. The van der Waals surface area contributed by atoms with Gasteiger partial charge in [0, 0.05) is 12.8 Å². The van der Waals surface area contributed by atoms with Crippen molar-refractivity contribution in [1.82, 2.24) is 0 Å². The van der Waals surface area contributed by atoms with Crippen LogP contribution in [0.5, 0.6) is 0 Å². The Balaban J connectivity index is 4.15. The third kappa shape index (κ3) is 43.4. The second kappa shape index (κ2) is 42.2. The zero-order valence-electron chi connectivity index (χ0n) is 38.9. The number of rotatable bonds is 44. The van der Waals surface area contributed by atoms with Gasteiger partial charge in [-0.2, -0.15) is 0 Å². The molecule has 0 fully saturated rings. The minimum atomic E-state index is -1.51. The van der Waals surface area contributed by atoms with E-state index in [0.717, 1.165) is 51.4 Å². The predicted octanol–water partition coefficient (Wildman–Crippen LogP) is 13.0. The van der Waals surface area contributed by atoms with Gasteiger partial charge in [-0.1, -0.05) is 179 Å². The molecule has 0 aliphatic carbocycles. The molecule has 9 heteroatoms. The maximum Gasteiger partial charge on any atom is 0.361 e. The summed E-state index contributed by atoms with van der Waals surface area (Å²) in [6.07, 6.45) is 45.2. The molecule has 0 radical (unpaired) electrons. The molecule has 0 saturated carbocycles. The van der Waals surface area contributed by atoms with E-state index in [9.17, 15) is 19.5 Å². The van der Waals surface area contributed by atoms with Gasteiger partial charge in [0.2, 0.25) is 0 Å². The number of allylic oxidation sites excluding steroid dienone is 6. The van der Waals surface area contributed by atoms with Gasteiger partial charge in [0.1, 0.15) is 13.2 Å². The lowest BCUT2D eigenvalue weighted by Crippen LogP contribution is -2.40. The van der Waals surface area contributed by atoms with Crippen molar-refractivity contribution in [2.24, 2.45) is 0 Å². The number of unbranched alkanes of at least 4 members (excludes halogenated alkanes) is 23. The number of quaternary nitrogens is 1. The first kappa shape index (κ1) is 56.5. The highest BCUT2D eigenvalue weighted by atomic mass is 16.7. The zero-order chi connectivity index (χ0) is 43.5. The number of carboxylic acid groups (broad SMARTS) is 1. The number of carboxylic acids is 1. The highest BCUT2D eigenvalue weighted by molar-refractivity contribution is 5.71. The van der Waals surface area contributed by atoms with Crippen LogP contribution in [-0.4, -0.2) is 87.4 Å². The molecular formula is C50H92NO8+. The van der Waals surface area contributed by atoms with Crippen LogP contribution < -0.4 is 0 Å². The number of carbonyl (C=O) groups excluding carboxylic acids is 2. The monoisotopic (exact) mass is 835 g/mol. The van der Waals surface area contributed by atoms with Gasteiger partial charge in [-0.15, -0.1) is 0 Å². The van der Waals surface area contributed by atoms with Gasteiger partial charge in [0.05, 0.1) is 34.4 Å². The van der Waals surface area contributed by atoms with Crippen LogP contribution in [0.3, 0.4) is 0 Å². The molecule has 0 aliphatic rings. The number of ether oxygens (including phenoxy) is 4. The molecule has 1 N–H and O–H groups in total. The molecule has 0 aromatic rings. The second-order valence-corrected chi connectivity index (χ2v) is 17.4. The minimum Gasteiger partial charge on any atom is -0.477 e. The Kier molecular flexibility index (Phi) is 40.4. The van der Waals surface area contributed by atoms with Crippen LogP contribution in [-0.2, 0) is 33.3 Å². The average molecular weight is 835 g/mol. The normalized spacial score (nSPS) is 13.2. The molecule has 0 aliphatic heterocycles. The summed E-state index contributed by atoms with van der Waals surface area (Å²) < 4.78 is 22.7. The summed E-state index contributed by atoms with van der Waals surface area (Å²) in [4.78, 5) is 36.9. The molecule has 0 saturated heterocycles. The standard InChI is InChI=1S/C50H91NO8/c1-6-8-10-12-14-15-16-17-18-19-20-21-22-23-24-25-26-27-28-29-30-31-32-33-35-37-39-41-48(53)59-46(44-57-47(52)40-38-36-34-13-11-9-7-2)45-58-50(49(54)55)56-43-42-51(3,4)5/h16-17,19-20,22-23,46,50H,6-15,18,21,24-45H2,1-5H3/p+1/b17-16-,20-19-,23-22-. The lowest BCUT2D eigenvalue weighted by molar-refractivity contribution is -0.870. The first-order valence-corrected chi connectivity index (χ1v) is 24.2. The van der Waals surface area contributed by atoms with Crippen LogP contribution in [0, 0.1) is 0 Å². The van der Waals surface area contributed by atoms with Crippen molar-refractivity contribution >= 4 is 17.9 Å². The van der Waals surface area contributed by atoms with Gasteiger partial charge in [-0.25, -0.2) is 4.79 Å². The number of carbonyl (C=O) groups is 3. The summed E-state index contributed by atoms with van der Waals surface area (Å²) in [6, 6.07) is 0. The van der Waals surface area contributed by atoms with E-state index >= 15 is 0 Å². The third-order valence-corrected chi connectivity index (χ3v) is 10.4. The number of esters is 2. The Morgan fingerprint density at radius 1 is 0.508 bits per heavy atom. The van der Waals surface area contributed by atoms with Crippen LogP contribution in [0.4, 0.5) is 0 Å². The summed E-state index contributed by atoms with van der Waals surface area (Å²) in [6.45, 7) is 4.81. The van der Waals surface area contributed by atoms with Crippen molar-refractivity contribution in [3.63, 3.8) is 0 Å². The van der Waals surface area contributed by atoms with Gasteiger partial charge < -0.3 is 28.5 Å². The Labute approximate surface area is 362 Å². The topological polar surface area (TPSA) is 108 Å². The fraction of sp³-hybridized carbons (Fsp3) is 0.820. The SMILES string of the molecule is CCCCCCC/C=C\C/C=C\C/C=C\CCCCCCCCCCCCCCC(=O)OC(COC(=O)CCCCCCCCC)COC(OCC[N+](C)(C)C)C(=O)O. The Morgan fingerprint density at radius 2 is 0.915 bits per heavy atom. The van der Waals surface area contributed by atoms with Gasteiger partial charge in [0.15, 0.2) is 6.10 Å². The summed E-state index contributed by atoms with van der Waals surface area (Å²) in [5.41, 5.74) is 0. The van der Waals surface area contributed by atoms with E-state index in [2.05, 4.69) is 50.3 Å². The predicted molar refractivity (Wildman–Crippen MR) is 244 cm³/mol. The smallest absolute Gasteiger partial charge is 0.361 e. The van der Waals surface area contributed by atoms with Gasteiger partial charge >= 0.3 is 17.9 Å². The molecule has 59 heavy (non-hydrogen) atoms. The molecular weight excluding hydrogens is 743 g/mol. The molecule has 9 nitrogen and oxygen atoms in total. The van der Waals surface area contributed by atoms with Crippen LogP contribution in [0.1, 0.15) is 206 Å². The highest BCUT2D eigenvalue weighted by Gasteiger charge is 2.25. The maximum atomic E-state index is 12.7. The van der Waals surface area contributed by atoms with E-state index in [1.165, 1.54) is 128 Å². The molecule has 0 spiro atoms. The molecule has 344 valence electrons. The number of hydrogen-bond acceptors (Lipinski definition) is 7. The van der Waals surface area contributed by atoms with Crippen molar-refractivity contribution in [2.45, 2.75) is 219 Å². The molecule has 0 bridgehead atoms. The van der Waals surface area contributed by atoms with E-state index in [0.29, 0.717) is 17.4 Å². The minimum absolute atomic E-state index is 0.181. The van der Waals surface area contributed by atoms with E-state index in [-0.39, 0.29) is 32.2 Å². The Bertz CT molecular complexity index is 1070. The highest BCUT2D eigenvalue weighted by Crippen LogP contribution is 2.15. The number of hydrogen-bond donors (Lipinski definition) is 1. The number of likely N-dealkylation sites (N-methyl/N-ethyl adjacent to an activating group) is 1. The molecule has 2 atom stereocenters. The summed E-state index contributed by atoms with van der Waals surface area (Å²) in [5, 5.41) is 9.61. The van der Waals surface area contributed by atoms with E-state index in [4.69, 9.17) is 18.9 Å². The van der Waals surface area contributed by atoms with Gasteiger partial charge in [-0.05, 0) is 51.4 Å². The molecule has 0 amide bonds. The number of aliphatic carboxylic acids is 1. The van der Waals surface area contributed by atoms with Crippen LogP contribution in [0.25, 0.3) is 0 Å². The lowest BCUT2D eigenvalue weighted by atomic mass is 10.0. The van der Waals surface area contributed by atoms with Crippen LogP contribution in [0.15, 0.2) is 36.5 Å². The summed E-state index contributed by atoms with van der Waals surface area (Å²) in [7, 11) is 5.95. The van der Waals surface area contributed by atoms with E-state index in [1.54, 1.807) is 0 Å².